The van der Waals surface area contributed by atoms with Gasteiger partial charge >= 0.3 is 0 Å². The van der Waals surface area contributed by atoms with Crippen LogP contribution in [0.15, 0.2) is 0 Å². The maximum atomic E-state index is 3.65. The Morgan fingerprint density at radius 2 is 1.68 bits per heavy atom. The summed E-state index contributed by atoms with van der Waals surface area (Å²) in [4.78, 5) is 2.84. The summed E-state index contributed by atoms with van der Waals surface area (Å²) in [6.45, 7) is 16.9. The molecule has 0 bridgehead atoms. The van der Waals surface area contributed by atoms with Crippen LogP contribution in [-0.2, 0) is 0 Å². The van der Waals surface area contributed by atoms with Gasteiger partial charge in [0.2, 0.25) is 0 Å². The van der Waals surface area contributed by atoms with Gasteiger partial charge in [-0.3, -0.25) is 4.90 Å². The van der Waals surface area contributed by atoms with E-state index in [2.05, 4.69) is 51.8 Å². The zero-order valence-electron chi connectivity index (χ0n) is 13.9. The van der Waals surface area contributed by atoms with E-state index in [9.17, 15) is 0 Å². The number of hydrogen-bond acceptors (Lipinski definition) is 2. The summed E-state index contributed by atoms with van der Waals surface area (Å²) in [5.74, 6) is 0. The molecule has 0 radical (unpaired) electrons. The summed E-state index contributed by atoms with van der Waals surface area (Å²) in [5, 5.41) is 3.65. The van der Waals surface area contributed by atoms with E-state index in [-0.39, 0.29) is 0 Å². The summed E-state index contributed by atoms with van der Waals surface area (Å²) in [6, 6.07) is 2.18. The van der Waals surface area contributed by atoms with Crippen LogP contribution in [0.5, 0.6) is 0 Å². The van der Waals surface area contributed by atoms with Gasteiger partial charge in [0.05, 0.1) is 0 Å². The maximum Gasteiger partial charge on any atom is 0.0221 e. The molecular weight excluding hydrogens is 232 g/mol. The quantitative estimate of drug-likeness (QED) is 0.820. The normalized spacial score (nSPS) is 36.3. The van der Waals surface area contributed by atoms with E-state index in [4.69, 9.17) is 0 Å². The predicted molar refractivity (Wildman–Crippen MR) is 83.5 cm³/mol. The third-order valence-corrected chi connectivity index (χ3v) is 5.13. The van der Waals surface area contributed by atoms with E-state index in [1.807, 2.05) is 0 Å². The molecule has 2 heteroatoms. The minimum Gasteiger partial charge on any atom is -0.311 e. The third-order valence-electron chi connectivity index (χ3n) is 5.13. The Morgan fingerprint density at radius 1 is 1.11 bits per heavy atom. The van der Waals surface area contributed by atoms with Gasteiger partial charge < -0.3 is 5.32 Å². The van der Waals surface area contributed by atoms with Crippen molar-refractivity contribution in [3.05, 3.63) is 0 Å². The highest BCUT2D eigenvalue weighted by Gasteiger charge is 2.42. The molecule has 2 atom stereocenters. The van der Waals surface area contributed by atoms with Crippen molar-refractivity contribution in [2.45, 2.75) is 85.4 Å². The van der Waals surface area contributed by atoms with Crippen LogP contribution < -0.4 is 5.32 Å². The summed E-state index contributed by atoms with van der Waals surface area (Å²) in [6.07, 6.45) is 5.39. The second-order valence-electron chi connectivity index (χ2n) is 8.64. The molecule has 2 aliphatic rings. The number of piperazine rings is 1. The fourth-order valence-electron chi connectivity index (χ4n) is 4.83. The molecule has 1 saturated heterocycles. The molecule has 1 aliphatic heterocycles. The first-order chi connectivity index (χ1) is 8.72. The lowest BCUT2D eigenvalue weighted by Crippen LogP contribution is -2.60. The van der Waals surface area contributed by atoms with Crippen molar-refractivity contribution < 1.29 is 0 Å². The second kappa shape index (κ2) is 5.37. The molecule has 1 aliphatic carbocycles. The van der Waals surface area contributed by atoms with Crippen LogP contribution >= 0.6 is 0 Å². The molecule has 2 fully saturated rings. The first kappa shape index (κ1) is 15.3. The molecule has 1 saturated carbocycles. The van der Waals surface area contributed by atoms with Gasteiger partial charge in [-0.1, -0.05) is 34.6 Å². The lowest BCUT2D eigenvalue weighted by atomic mass is 9.63. The number of hydrogen-bond donors (Lipinski definition) is 1. The summed E-state index contributed by atoms with van der Waals surface area (Å²) < 4.78 is 0. The van der Waals surface area contributed by atoms with Crippen LogP contribution in [0.25, 0.3) is 0 Å². The van der Waals surface area contributed by atoms with Crippen LogP contribution in [0.4, 0.5) is 0 Å². The van der Waals surface area contributed by atoms with E-state index < -0.39 is 0 Å². The van der Waals surface area contributed by atoms with Crippen molar-refractivity contribution in [2.75, 3.05) is 13.1 Å². The molecule has 1 heterocycles. The fraction of sp³-hybridized carbons (Fsp3) is 1.00. The minimum absolute atomic E-state index is 0.499. The van der Waals surface area contributed by atoms with Crippen LogP contribution in [0, 0.1) is 10.8 Å². The van der Waals surface area contributed by atoms with Crippen molar-refractivity contribution in [1.29, 1.82) is 0 Å². The van der Waals surface area contributed by atoms with Crippen molar-refractivity contribution in [1.82, 2.24) is 10.2 Å². The molecule has 2 unspecified atom stereocenters. The monoisotopic (exact) mass is 266 g/mol. The molecule has 1 N–H and O–H groups in total. The van der Waals surface area contributed by atoms with Crippen LogP contribution in [-0.4, -0.2) is 36.1 Å². The Labute approximate surface area is 120 Å². The Bertz CT molecular complexity index is 292. The number of nitrogens with zero attached hydrogens (tertiary/aromatic N) is 1. The number of rotatable bonds is 2. The SMILES string of the molecule is CCC1CNC(C)CN1C1CC(C)(C)CC(C)(C)C1. The van der Waals surface area contributed by atoms with Gasteiger partial charge in [0.25, 0.3) is 0 Å². The topological polar surface area (TPSA) is 15.3 Å². The zero-order chi connectivity index (χ0) is 14.3. The van der Waals surface area contributed by atoms with Crippen molar-refractivity contribution in [3.8, 4) is 0 Å². The molecule has 0 spiro atoms. The van der Waals surface area contributed by atoms with E-state index in [0.29, 0.717) is 16.9 Å². The molecular formula is C17H34N2. The highest BCUT2D eigenvalue weighted by atomic mass is 15.3. The van der Waals surface area contributed by atoms with Gasteiger partial charge in [-0.25, -0.2) is 0 Å². The summed E-state index contributed by atoms with van der Waals surface area (Å²) >= 11 is 0. The van der Waals surface area contributed by atoms with Gasteiger partial charge in [0, 0.05) is 31.2 Å². The van der Waals surface area contributed by atoms with Gasteiger partial charge in [-0.15, -0.1) is 0 Å². The van der Waals surface area contributed by atoms with E-state index in [0.717, 1.165) is 12.1 Å². The molecule has 0 aromatic rings. The molecule has 0 aromatic carbocycles. The van der Waals surface area contributed by atoms with Crippen LogP contribution in [0.3, 0.4) is 0 Å². The lowest BCUT2D eigenvalue weighted by Gasteiger charge is -2.52. The highest BCUT2D eigenvalue weighted by molar-refractivity contribution is 4.97. The van der Waals surface area contributed by atoms with E-state index in [1.165, 1.54) is 38.8 Å². The average molecular weight is 266 g/mol. The zero-order valence-corrected chi connectivity index (χ0v) is 13.9. The first-order valence-electron chi connectivity index (χ1n) is 8.21. The minimum atomic E-state index is 0.499. The first-order valence-corrected chi connectivity index (χ1v) is 8.21. The Hall–Kier alpha value is -0.0800. The lowest BCUT2D eigenvalue weighted by molar-refractivity contribution is -0.0119. The highest BCUT2D eigenvalue weighted by Crippen LogP contribution is 2.47. The van der Waals surface area contributed by atoms with Gasteiger partial charge in [0.15, 0.2) is 0 Å². The standard InChI is InChI=1S/C17H34N2/c1-7-14-10-18-13(2)11-19(14)15-8-16(3,4)12-17(5,6)9-15/h13-15,18H,7-12H2,1-6H3. The summed E-state index contributed by atoms with van der Waals surface area (Å²) in [5.41, 5.74) is 0.998. The summed E-state index contributed by atoms with van der Waals surface area (Å²) in [7, 11) is 0. The predicted octanol–water partition coefficient (Wildman–Crippen LogP) is 3.66. The molecule has 112 valence electrons. The van der Waals surface area contributed by atoms with Crippen LogP contribution in [0.1, 0.15) is 67.2 Å². The maximum absolute atomic E-state index is 3.65. The van der Waals surface area contributed by atoms with Gasteiger partial charge in [-0.2, -0.15) is 0 Å². The molecule has 2 rings (SSSR count). The number of nitrogens with one attached hydrogen (secondary N) is 1. The van der Waals surface area contributed by atoms with Crippen LogP contribution in [0.2, 0.25) is 0 Å². The van der Waals surface area contributed by atoms with Gasteiger partial charge in [0.1, 0.15) is 0 Å². The molecule has 2 nitrogen and oxygen atoms in total. The fourth-order valence-corrected chi connectivity index (χ4v) is 4.83. The molecule has 0 amide bonds. The van der Waals surface area contributed by atoms with Crippen molar-refractivity contribution >= 4 is 0 Å². The Balaban J connectivity index is 2.14. The van der Waals surface area contributed by atoms with Crippen molar-refractivity contribution in [2.24, 2.45) is 10.8 Å². The smallest absolute Gasteiger partial charge is 0.0221 e. The largest absolute Gasteiger partial charge is 0.311 e. The van der Waals surface area contributed by atoms with Crippen molar-refractivity contribution in [3.63, 3.8) is 0 Å². The Morgan fingerprint density at radius 3 is 2.21 bits per heavy atom. The second-order valence-corrected chi connectivity index (χ2v) is 8.64. The third kappa shape index (κ3) is 3.72. The molecule has 0 aromatic heterocycles. The van der Waals surface area contributed by atoms with E-state index >= 15 is 0 Å². The van der Waals surface area contributed by atoms with Gasteiger partial charge in [-0.05, 0) is 43.4 Å². The Kier molecular flexibility index (Phi) is 4.32. The molecule has 19 heavy (non-hydrogen) atoms. The average Bonchev–Trinajstić information content (AvgIpc) is 2.24. The van der Waals surface area contributed by atoms with E-state index in [1.54, 1.807) is 0 Å².